The summed E-state index contributed by atoms with van der Waals surface area (Å²) in [6.45, 7) is 7.95. The molecule has 1 aliphatic heterocycles. The van der Waals surface area contributed by atoms with Crippen LogP contribution in [0.5, 0.6) is 0 Å². The first-order valence-electron chi connectivity index (χ1n) is 10.4. The molecular formula is C24H24N6O. The molecule has 5 rings (SSSR count). The van der Waals surface area contributed by atoms with Crippen LogP contribution in [-0.4, -0.2) is 35.3 Å². The zero-order valence-electron chi connectivity index (χ0n) is 17.9. The molecule has 31 heavy (non-hydrogen) atoms. The minimum atomic E-state index is -0.125. The average Bonchev–Trinajstić information content (AvgIpc) is 3.36. The number of benzene rings is 1. The van der Waals surface area contributed by atoms with E-state index in [0.29, 0.717) is 30.7 Å². The van der Waals surface area contributed by atoms with Gasteiger partial charge in [0.1, 0.15) is 11.3 Å². The Morgan fingerprint density at radius 3 is 2.61 bits per heavy atom. The van der Waals surface area contributed by atoms with Gasteiger partial charge in [-0.3, -0.25) is 4.79 Å². The van der Waals surface area contributed by atoms with Gasteiger partial charge in [0.15, 0.2) is 5.65 Å². The van der Waals surface area contributed by atoms with Gasteiger partial charge in [-0.1, -0.05) is 51.1 Å². The number of carbonyl (C=O) groups excluding carboxylic acids is 1. The van der Waals surface area contributed by atoms with Crippen molar-refractivity contribution in [3.63, 3.8) is 0 Å². The van der Waals surface area contributed by atoms with Gasteiger partial charge >= 0.3 is 0 Å². The van der Waals surface area contributed by atoms with Crippen molar-refractivity contribution in [2.45, 2.75) is 45.8 Å². The molecule has 0 N–H and O–H groups in total. The number of pyridine rings is 1. The Labute approximate surface area is 180 Å². The van der Waals surface area contributed by atoms with Crippen LogP contribution in [0.1, 0.15) is 53.8 Å². The summed E-state index contributed by atoms with van der Waals surface area (Å²) < 4.78 is 1.99. The maximum atomic E-state index is 13.1. The van der Waals surface area contributed by atoms with Crippen LogP contribution in [0.3, 0.4) is 0 Å². The Hall–Kier alpha value is -3.61. The first-order valence-corrected chi connectivity index (χ1v) is 10.4. The normalized spacial score (nSPS) is 13.6. The van der Waals surface area contributed by atoms with Crippen molar-refractivity contribution in [1.82, 2.24) is 29.4 Å². The lowest BCUT2D eigenvalue weighted by atomic mass is 9.95. The molecule has 0 unspecified atom stereocenters. The fraction of sp³-hybridized carbons (Fsp3) is 0.292. The first kappa shape index (κ1) is 19.4. The molecule has 0 spiro atoms. The third-order valence-corrected chi connectivity index (χ3v) is 5.51. The van der Waals surface area contributed by atoms with Gasteiger partial charge in [0.05, 0.1) is 30.7 Å². The quantitative estimate of drug-likeness (QED) is 0.513. The summed E-state index contributed by atoms with van der Waals surface area (Å²) in [5.41, 5.74) is 5.00. The van der Waals surface area contributed by atoms with E-state index in [-0.39, 0.29) is 11.3 Å². The lowest BCUT2D eigenvalue weighted by molar-refractivity contribution is 0.0750. The summed E-state index contributed by atoms with van der Waals surface area (Å²) in [4.78, 5) is 33.1. The van der Waals surface area contributed by atoms with Crippen molar-refractivity contribution in [2.75, 3.05) is 0 Å². The number of hydrogen-bond donors (Lipinski definition) is 0. The van der Waals surface area contributed by atoms with E-state index >= 15 is 0 Å². The first-order chi connectivity index (χ1) is 14.9. The number of rotatable bonds is 3. The van der Waals surface area contributed by atoms with Gasteiger partial charge in [0, 0.05) is 29.9 Å². The Morgan fingerprint density at radius 1 is 1.03 bits per heavy atom. The van der Waals surface area contributed by atoms with Gasteiger partial charge < -0.3 is 9.47 Å². The summed E-state index contributed by atoms with van der Waals surface area (Å²) in [6, 6.07) is 12.0. The predicted octanol–water partition coefficient (Wildman–Crippen LogP) is 3.72. The average molecular weight is 412 g/mol. The molecule has 0 saturated carbocycles. The molecule has 1 amide bonds. The van der Waals surface area contributed by atoms with E-state index < -0.39 is 0 Å². The highest BCUT2D eigenvalue weighted by molar-refractivity contribution is 5.96. The van der Waals surface area contributed by atoms with Gasteiger partial charge in [-0.05, 0) is 11.6 Å². The number of nitrogens with zero attached hydrogens (tertiary/aromatic N) is 6. The van der Waals surface area contributed by atoms with Crippen molar-refractivity contribution in [3.8, 4) is 0 Å². The monoisotopic (exact) mass is 412 g/mol. The maximum Gasteiger partial charge on any atom is 0.256 e. The molecule has 0 bridgehead atoms. The summed E-state index contributed by atoms with van der Waals surface area (Å²) in [7, 11) is 0. The molecule has 1 aromatic carbocycles. The number of aromatic nitrogens is 5. The maximum absolute atomic E-state index is 13.1. The molecular weight excluding hydrogens is 388 g/mol. The van der Waals surface area contributed by atoms with Crippen molar-refractivity contribution >= 4 is 17.1 Å². The second-order valence-corrected chi connectivity index (χ2v) is 9.00. The Bertz CT molecular complexity index is 1270. The number of fused-ring (bicyclic) bond motifs is 2. The third-order valence-electron chi connectivity index (χ3n) is 5.51. The zero-order chi connectivity index (χ0) is 21.6. The largest absolute Gasteiger partial charge is 0.328 e. The molecule has 0 aliphatic carbocycles. The van der Waals surface area contributed by atoms with Crippen LogP contribution in [0, 0.1) is 0 Å². The van der Waals surface area contributed by atoms with Gasteiger partial charge in [0.25, 0.3) is 5.91 Å². The van der Waals surface area contributed by atoms with Crippen LogP contribution in [0.4, 0.5) is 0 Å². The SMILES string of the molecule is CC(C)(C)c1ncc2c(n1)CN(C(=O)c1cnc3c(c1)ncn3Cc1ccccc1)C2. The van der Waals surface area contributed by atoms with E-state index in [4.69, 9.17) is 4.98 Å². The number of amides is 1. The highest BCUT2D eigenvalue weighted by atomic mass is 16.2. The van der Waals surface area contributed by atoms with Gasteiger partial charge in [0.2, 0.25) is 0 Å². The minimum Gasteiger partial charge on any atom is -0.328 e. The van der Waals surface area contributed by atoms with Crippen LogP contribution in [0.15, 0.2) is 55.1 Å². The Morgan fingerprint density at radius 2 is 1.84 bits per heavy atom. The van der Waals surface area contributed by atoms with Crippen molar-refractivity contribution in [3.05, 3.63) is 83.3 Å². The molecule has 156 valence electrons. The highest BCUT2D eigenvalue weighted by Gasteiger charge is 2.28. The number of imidazole rings is 1. The molecule has 1 aliphatic rings. The fourth-order valence-corrected chi connectivity index (χ4v) is 3.80. The molecule has 0 radical (unpaired) electrons. The summed E-state index contributed by atoms with van der Waals surface area (Å²) in [6.07, 6.45) is 5.26. The topological polar surface area (TPSA) is 76.8 Å². The standard InChI is InChI=1S/C24H24N6O/c1-24(2,3)23-26-11-18-13-29(14-20(18)28-23)22(31)17-9-19-21(25-10-17)30(15-27-19)12-16-7-5-4-6-8-16/h4-11,15H,12-14H2,1-3H3. The molecule has 0 saturated heterocycles. The van der Waals surface area contributed by atoms with Crippen molar-refractivity contribution in [1.29, 1.82) is 0 Å². The smallest absolute Gasteiger partial charge is 0.256 e. The van der Waals surface area contributed by atoms with Gasteiger partial charge in [-0.2, -0.15) is 0 Å². The second-order valence-electron chi connectivity index (χ2n) is 9.00. The summed E-state index contributed by atoms with van der Waals surface area (Å²) in [5.74, 6) is 0.731. The molecule has 0 fully saturated rings. The molecule has 4 heterocycles. The minimum absolute atomic E-state index is 0.0673. The van der Waals surface area contributed by atoms with E-state index in [2.05, 4.69) is 47.9 Å². The van der Waals surface area contributed by atoms with Crippen LogP contribution in [-0.2, 0) is 25.0 Å². The zero-order valence-corrected chi connectivity index (χ0v) is 17.9. The molecule has 7 nitrogen and oxygen atoms in total. The van der Waals surface area contributed by atoms with Crippen LogP contribution < -0.4 is 0 Å². The lowest BCUT2D eigenvalue weighted by Gasteiger charge is -2.16. The van der Waals surface area contributed by atoms with Crippen LogP contribution >= 0.6 is 0 Å². The Balaban J connectivity index is 1.36. The third kappa shape index (κ3) is 3.67. The second kappa shape index (κ2) is 7.27. The van der Waals surface area contributed by atoms with E-state index in [1.165, 1.54) is 5.56 Å². The van der Waals surface area contributed by atoms with Crippen molar-refractivity contribution < 1.29 is 4.79 Å². The van der Waals surface area contributed by atoms with Crippen molar-refractivity contribution in [2.24, 2.45) is 0 Å². The molecule has 3 aromatic heterocycles. The van der Waals surface area contributed by atoms with Crippen LogP contribution in [0.2, 0.25) is 0 Å². The van der Waals surface area contributed by atoms with Gasteiger partial charge in [-0.25, -0.2) is 19.9 Å². The van der Waals surface area contributed by atoms with Crippen LogP contribution in [0.25, 0.3) is 11.2 Å². The lowest BCUT2D eigenvalue weighted by Crippen LogP contribution is -2.25. The van der Waals surface area contributed by atoms with E-state index in [1.54, 1.807) is 17.4 Å². The fourth-order valence-electron chi connectivity index (χ4n) is 3.80. The number of carbonyl (C=O) groups is 1. The Kier molecular flexibility index (Phi) is 4.54. The number of hydrogen-bond acceptors (Lipinski definition) is 5. The summed E-state index contributed by atoms with van der Waals surface area (Å²) in [5, 5.41) is 0. The van der Waals surface area contributed by atoms with E-state index in [1.807, 2.05) is 35.0 Å². The van der Waals surface area contributed by atoms with E-state index in [0.717, 1.165) is 22.7 Å². The highest BCUT2D eigenvalue weighted by Crippen LogP contribution is 2.26. The summed E-state index contributed by atoms with van der Waals surface area (Å²) >= 11 is 0. The molecule has 0 atom stereocenters. The molecule has 4 aromatic rings. The predicted molar refractivity (Wildman–Crippen MR) is 117 cm³/mol. The van der Waals surface area contributed by atoms with E-state index in [9.17, 15) is 4.79 Å². The van der Waals surface area contributed by atoms with Gasteiger partial charge in [-0.15, -0.1) is 0 Å². The molecule has 7 heteroatoms.